The largest absolute Gasteiger partial charge is 0.450 e. The van der Waals surface area contributed by atoms with Crippen molar-refractivity contribution in [1.82, 2.24) is 9.55 Å². The van der Waals surface area contributed by atoms with Gasteiger partial charge in [-0.1, -0.05) is 0 Å². The monoisotopic (exact) mass is 232 g/mol. The van der Waals surface area contributed by atoms with Crippen LogP contribution in [0.5, 0.6) is 0 Å². The Morgan fingerprint density at radius 1 is 1.44 bits per heavy atom. The van der Waals surface area contributed by atoms with E-state index in [-0.39, 0.29) is 5.69 Å². The van der Waals surface area contributed by atoms with Crippen molar-refractivity contribution in [1.29, 1.82) is 0 Å². The Labute approximate surface area is 90.3 Å². The molecule has 0 spiro atoms. The van der Waals surface area contributed by atoms with Crippen LogP contribution < -0.4 is 0 Å². The molecule has 0 aliphatic carbocycles. The van der Waals surface area contributed by atoms with Crippen LogP contribution in [0.4, 0.5) is 13.2 Å². The third kappa shape index (κ3) is 2.25. The first-order valence-corrected chi connectivity index (χ1v) is 5.12. The van der Waals surface area contributed by atoms with Gasteiger partial charge in [0, 0.05) is 19.2 Å². The third-order valence-electron chi connectivity index (χ3n) is 2.62. The minimum Gasteiger partial charge on any atom is -0.335 e. The zero-order valence-electron chi connectivity index (χ0n) is 8.55. The highest BCUT2D eigenvalue weighted by Crippen LogP contribution is 2.20. The second kappa shape index (κ2) is 3.92. The molecule has 0 fully saturated rings. The average Bonchev–Trinajstić information content (AvgIpc) is 2.58. The summed E-state index contributed by atoms with van der Waals surface area (Å²) in [5.41, 5.74) is 0.222. The first kappa shape index (κ1) is 11.2. The smallest absolute Gasteiger partial charge is 0.335 e. The van der Waals surface area contributed by atoms with Crippen LogP contribution in [0.3, 0.4) is 0 Å². The topological polar surface area (TPSA) is 34.9 Å². The van der Waals surface area contributed by atoms with Crippen molar-refractivity contribution in [3.05, 3.63) is 17.7 Å². The van der Waals surface area contributed by atoms with Crippen molar-refractivity contribution in [2.45, 2.75) is 38.4 Å². The number of rotatable bonds is 2. The van der Waals surface area contributed by atoms with Crippen LogP contribution in [0.25, 0.3) is 0 Å². The van der Waals surface area contributed by atoms with Crippen molar-refractivity contribution in [2.75, 3.05) is 0 Å². The van der Waals surface area contributed by atoms with Gasteiger partial charge in [0.1, 0.15) is 5.82 Å². The van der Waals surface area contributed by atoms with E-state index in [9.17, 15) is 18.0 Å². The molecular formula is C10H11F3N2O. The Balaban J connectivity index is 2.11. The Kier molecular flexibility index (Phi) is 2.73. The van der Waals surface area contributed by atoms with E-state index < -0.39 is 18.4 Å². The minimum atomic E-state index is -4.76. The third-order valence-corrected chi connectivity index (χ3v) is 2.62. The standard InChI is InChI=1S/C10H11F3N2O/c11-10(12,13)8(16)5-7-6-15-4-2-1-3-9(15)14-7/h6H,1-5H2. The van der Waals surface area contributed by atoms with Crippen molar-refractivity contribution in [3.63, 3.8) is 0 Å². The first-order valence-electron chi connectivity index (χ1n) is 5.12. The molecule has 6 heteroatoms. The second-order valence-corrected chi connectivity index (χ2v) is 3.90. The van der Waals surface area contributed by atoms with E-state index in [2.05, 4.69) is 4.98 Å². The number of alkyl halides is 3. The molecule has 0 atom stereocenters. The van der Waals surface area contributed by atoms with Crippen LogP contribution >= 0.6 is 0 Å². The van der Waals surface area contributed by atoms with Crippen molar-refractivity contribution >= 4 is 5.78 Å². The van der Waals surface area contributed by atoms with E-state index in [1.807, 2.05) is 4.57 Å². The lowest BCUT2D eigenvalue weighted by Gasteiger charge is -2.11. The van der Waals surface area contributed by atoms with Gasteiger partial charge in [0.2, 0.25) is 5.78 Å². The van der Waals surface area contributed by atoms with Crippen molar-refractivity contribution in [3.8, 4) is 0 Å². The van der Waals surface area contributed by atoms with Gasteiger partial charge in [-0.2, -0.15) is 13.2 Å². The van der Waals surface area contributed by atoms with Gasteiger partial charge in [0.15, 0.2) is 0 Å². The van der Waals surface area contributed by atoms with Gasteiger partial charge in [-0.15, -0.1) is 0 Å². The zero-order chi connectivity index (χ0) is 11.8. The molecule has 2 rings (SSSR count). The van der Waals surface area contributed by atoms with E-state index in [1.54, 1.807) is 6.20 Å². The quantitative estimate of drug-likeness (QED) is 0.780. The molecule has 0 bridgehead atoms. The maximum Gasteiger partial charge on any atom is 0.450 e. The lowest BCUT2D eigenvalue weighted by molar-refractivity contribution is -0.170. The van der Waals surface area contributed by atoms with E-state index >= 15 is 0 Å². The molecule has 0 N–H and O–H groups in total. The van der Waals surface area contributed by atoms with Gasteiger partial charge in [0.05, 0.1) is 12.1 Å². The Morgan fingerprint density at radius 2 is 2.19 bits per heavy atom. The number of carbonyl (C=O) groups excluding carboxylic acids is 1. The average molecular weight is 232 g/mol. The van der Waals surface area contributed by atoms with Crippen LogP contribution in [-0.4, -0.2) is 21.5 Å². The first-order chi connectivity index (χ1) is 7.47. The summed E-state index contributed by atoms with van der Waals surface area (Å²) in [4.78, 5) is 14.8. The van der Waals surface area contributed by atoms with Gasteiger partial charge in [-0.25, -0.2) is 4.98 Å². The fourth-order valence-electron chi connectivity index (χ4n) is 1.82. The summed E-state index contributed by atoms with van der Waals surface area (Å²) in [6.45, 7) is 0.780. The molecule has 0 saturated carbocycles. The Hall–Kier alpha value is -1.33. The van der Waals surface area contributed by atoms with Gasteiger partial charge in [-0.3, -0.25) is 4.79 Å². The van der Waals surface area contributed by atoms with Crippen LogP contribution in [-0.2, 0) is 24.2 Å². The maximum absolute atomic E-state index is 12.0. The molecule has 0 aromatic carbocycles. The summed E-state index contributed by atoms with van der Waals surface area (Å²) in [5.74, 6) is -0.945. The molecular weight excluding hydrogens is 221 g/mol. The van der Waals surface area contributed by atoms with Crippen molar-refractivity contribution in [2.24, 2.45) is 0 Å². The summed E-state index contributed by atoms with van der Waals surface area (Å²) in [6.07, 6.45) is -1.06. The van der Waals surface area contributed by atoms with Crippen LogP contribution in [0.1, 0.15) is 24.4 Å². The van der Waals surface area contributed by atoms with Gasteiger partial charge in [-0.05, 0) is 12.8 Å². The number of hydrogen-bond acceptors (Lipinski definition) is 2. The lowest BCUT2D eigenvalue weighted by Crippen LogP contribution is -2.24. The molecule has 0 unspecified atom stereocenters. The molecule has 0 saturated heterocycles. The predicted molar refractivity (Wildman–Crippen MR) is 49.9 cm³/mol. The fourth-order valence-corrected chi connectivity index (χ4v) is 1.82. The molecule has 0 amide bonds. The summed E-state index contributed by atoms with van der Waals surface area (Å²) >= 11 is 0. The molecule has 1 aliphatic rings. The van der Waals surface area contributed by atoms with E-state index in [0.717, 1.165) is 31.6 Å². The maximum atomic E-state index is 12.0. The van der Waals surface area contributed by atoms with Crippen LogP contribution in [0.15, 0.2) is 6.20 Å². The van der Waals surface area contributed by atoms with E-state index in [4.69, 9.17) is 0 Å². The molecule has 3 nitrogen and oxygen atoms in total. The molecule has 1 aromatic rings. The predicted octanol–water partition coefficient (Wildman–Crippen LogP) is 1.89. The summed E-state index contributed by atoms with van der Waals surface area (Å²) < 4.78 is 37.9. The normalized spacial score (nSPS) is 15.9. The number of imidazole rings is 1. The number of ketones is 1. The Bertz CT molecular complexity index is 385. The minimum absolute atomic E-state index is 0.222. The second-order valence-electron chi connectivity index (χ2n) is 3.90. The lowest BCUT2D eigenvalue weighted by atomic mass is 10.2. The zero-order valence-corrected chi connectivity index (χ0v) is 8.55. The number of hydrogen-bond donors (Lipinski definition) is 0. The van der Waals surface area contributed by atoms with E-state index in [0.29, 0.717) is 0 Å². The van der Waals surface area contributed by atoms with Gasteiger partial charge in [0.25, 0.3) is 0 Å². The van der Waals surface area contributed by atoms with Gasteiger partial charge < -0.3 is 4.57 Å². The number of carbonyl (C=O) groups is 1. The molecule has 88 valence electrons. The highest BCUT2D eigenvalue weighted by molar-refractivity contribution is 5.85. The van der Waals surface area contributed by atoms with Crippen LogP contribution in [0, 0.1) is 0 Å². The van der Waals surface area contributed by atoms with Crippen LogP contribution in [0.2, 0.25) is 0 Å². The number of aromatic nitrogens is 2. The highest BCUT2D eigenvalue weighted by Gasteiger charge is 2.38. The number of halogens is 3. The molecule has 16 heavy (non-hydrogen) atoms. The number of fused-ring (bicyclic) bond motifs is 1. The molecule has 0 radical (unpaired) electrons. The van der Waals surface area contributed by atoms with E-state index in [1.165, 1.54) is 0 Å². The highest BCUT2D eigenvalue weighted by atomic mass is 19.4. The summed E-state index contributed by atoms with van der Waals surface area (Å²) in [5, 5.41) is 0. The number of nitrogens with zero attached hydrogens (tertiary/aromatic N) is 2. The summed E-state index contributed by atoms with van der Waals surface area (Å²) in [6, 6.07) is 0. The Morgan fingerprint density at radius 3 is 2.81 bits per heavy atom. The molecule has 1 aliphatic heterocycles. The number of aryl methyl sites for hydroxylation is 2. The fraction of sp³-hybridized carbons (Fsp3) is 0.600. The SMILES string of the molecule is O=C(Cc1cn2c(n1)CCCC2)C(F)(F)F. The summed E-state index contributed by atoms with van der Waals surface area (Å²) in [7, 11) is 0. The molecule has 2 heterocycles. The van der Waals surface area contributed by atoms with Crippen molar-refractivity contribution < 1.29 is 18.0 Å². The number of Topliss-reactive ketones (excluding diaryl/α,β-unsaturated/α-hetero) is 1. The molecule has 1 aromatic heterocycles. The van der Waals surface area contributed by atoms with Gasteiger partial charge >= 0.3 is 6.18 Å².